The minimum Gasteiger partial charge on any atom is -0.383 e. The number of hydrogen-bond donors (Lipinski definition) is 2. The number of nitrogens with zero attached hydrogens (tertiary/aromatic N) is 2. The summed E-state index contributed by atoms with van der Waals surface area (Å²) in [4.78, 5) is 18.8. The summed E-state index contributed by atoms with van der Waals surface area (Å²) < 4.78 is 41.0. The van der Waals surface area contributed by atoms with E-state index in [1.54, 1.807) is 0 Å². The Kier molecular flexibility index (Phi) is 5.65. The minimum absolute atomic E-state index is 0. The number of pyridine rings is 1. The van der Waals surface area contributed by atoms with E-state index >= 15 is 0 Å². The van der Waals surface area contributed by atoms with Gasteiger partial charge in [-0.1, -0.05) is 30.3 Å². The molecule has 1 fully saturated rings. The molecule has 0 bridgehead atoms. The van der Waals surface area contributed by atoms with Crippen LogP contribution in [0.1, 0.15) is 37.4 Å². The molecular weight excluding hydrogens is 405 g/mol. The predicted molar refractivity (Wildman–Crippen MR) is 119 cm³/mol. The topological polar surface area (TPSA) is 71.2 Å². The summed E-state index contributed by atoms with van der Waals surface area (Å²) >= 11 is 0. The normalized spacial score (nSPS) is 16.9. The highest BCUT2D eigenvalue weighted by molar-refractivity contribution is 6.13. The summed E-state index contributed by atoms with van der Waals surface area (Å²) in [5.74, 6) is -0.896. The van der Waals surface area contributed by atoms with E-state index in [-0.39, 0.29) is 21.7 Å². The molecule has 1 unspecified atom stereocenters. The number of carbonyl (C=O) groups is 1. The molecule has 0 aliphatic carbocycles. The van der Waals surface area contributed by atoms with Crippen molar-refractivity contribution in [3.8, 4) is 0 Å². The summed E-state index contributed by atoms with van der Waals surface area (Å²) in [5, 5.41) is 3.43. The lowest BCUT2D eigenvalue weighted by atomic mass is 9.96. The number of benzene rings is 2. The Morgan fingerprint density at radius 2 is 1.87 bits per heavy atom. The molecule has 3 N–H and O–H groups in total. The van der Waals surface area contributed by atoms with Gasteiger partial charge in [0.2, 0.25) is 0 Å². The van der Waals surface area contributed by atoms with Crippen LogP contribution in [0.4, 0.5) is 24.7 Å². The maximum Gasteiger partial charge on any atom is 0.417 e. The number of nitrogens with one attached hydrogen (secondary N) is 1. The van der Waals surface area contributed by atoms with E-state index in [1.165, 1.54) is 30.5 Å². The molecule has 0 radical (unpaired) electrons. The van der Waals surface area contributed by atoms with Crippen LogP contribution in [0.2, 0.25) is 0 Å². The number of hydrogen-bond acceptors (Lipinski definition) is 5. The van der Waals surface area contributed by atoms with Crippen LogP contribution < -0.4 is 16.0 Å². The van der Waals surface area contributed by atoms with Gasteiger partial charge in [0.1, 0.15) is 5.82 Å². The molecule has 31 heavy (non-hydrogen) atoms. The number of ketones is 1. The molecule has 0 amide bonds. The molecular formula is C23H27F3N4O. The van der Waals surface area contributed by atoms with Gasteiger partial charge in [-0.2, -0.15) is 13.2 Å². The van der Waals surface area contributed by atoms with Crippen LogP contribution >= 0.6 is 0 Å². The first kappa shape index (κ1) is 20.9. The molecule has 1 aromatic heterocycles. The number of carbonyl (C=O) groups excluding carboxylic acids is 1. The largest absolute Gasteiger partial charge is 0.417 e. The van der Waals surface area contributed by atoms with Crippen LogP contribution in [-0.4, -0.2) is 30.4 Å². The van der Waals surface area contributed by atoms with Gasteiger partial charge in [-0.25, -0.2) is 4.98 Å². The SMILES string of the molecule is Nc1ncccc1C(=O)c1cc(N2CCNC(c3ccccc3)C2)ccc1C(F)(F)F.[HH].[HH].[HH]. The molecule has 0 spiro atoms. The van der Waals surface area contributed by atoms with Gasteiger partial charge in [0, 0.05) is 47.4 Å². The zero-order valence-electron chi connectivity index (χ0n) is 16.6. The van der Waals surface area contributed by atoms with E-state index in [9.17, 15) is 18.0 Å². The van der Waals surface area contributed by atoms with Gasteiger partial charge in [-0.3, -0.25) is 4.79 Å². The second kappa shape index (κ2) is 8.39. The molecule has 0 saturated carbocycles. The average Bonchev–Trinajstić information content (AvgIpc) is 2.78. The van der Waals surface area contributed by atoms with Crippen molar-refractivity contribution in [2.45, 2.75) is 12.2 Å². The molecule has 1 aliphatic heterocycles. The zero-order valence-corrected chi connectivity index (χ0v) is 16.6. The van der Waals surface area contributed by atoms with Crippen molar-refractivity contribution in [1.82, 2.24) is 10.3 Å². The van der Waals surface area contributed by atoms with Crippen LogP contribution in [0.25, 0.3) is 0 Å². The van der Waals surface area contributed by atoms with E-state index in [0.717, 1.165) is 11.6 Å². The smallest absolute Gasteiger partial charge is 0.383 e. The Morgan fingerprint density at radius 3 is 2.58 bits per heavy atom. The van der Waals surface area contributed by atoms with Crippen molar-refractivity contribution in [2.75, 3.05) is 30.3 Å². The van der Waals surface area contributed by atoms with Crippen molar-refractivity contribution in [1.29, 1.82) is 0 Å². The van der Waals surface area contributed by atoms with E-state index in [4.69, 9.17) is 5.73 Å². The predicted octanol–water partition coefficient (Wildman–Crippen LogP) is 4.80. The third kappa shape index (κ3) is 4.39. The number of halogens is 3. The van der Waals surface area contributed by atoms with Gasteiger partial charge in [0.25, 0.3) is 0 Å². The van der Waals surface area contributed by atoms with Crippen LogP contribution in [0.15, 0.2) is 66.9 Å². The maximum absolute atomic E-state index is 13.7. The first-order valence-electron chi connectivity index (χ1n) is 9.84. The van der Waals surface area contributed by atoms with E-state index in [0.29, 0.717) is 25.3 Å². The van der Waals surface area contributed by atoms with Gasteiger partial charge >= 0.3 is 6.18 Å². The van der Waals surface area contributed by atoms with E-state index < -0.39 is 23.1 Å². The monoisotopic (exact) mass is 432 g/mol. The molecule has 5 nitrogen and oxygen atoms in total. The Morgan fingerprint density at radius 1 is 1.10 bits per heavy atom. The second-order valence-corrected chi connectivity index (χ2v) is 7.36. The quantitative estimate of drug-likeness (QED) is 0.580. The molecule has 1 atom stereocenters. The van der Waals surface area contributed by atoms with Gasteiger partial charge in [-0.05, 0) is 35.9 Å². The molecule has 8 heteroatoms. The lowest BCUT2D eigenvalue weighted by Gasteiger charge is -2.36. The van der Waals surface area contributed by atoms with Crippen molar-refractivity contribution < 1.29 is 22.2 Å². The Bertz CT molecular complexity index is 1100. The standard InChI is InChI=1S/C23H21F3N4O.3H2/c24-23(25,26)19-9-8-16(13-18(19)21(31)17-7-4-10-29-22(17)27)30-12-11-28-20(14-30)15-5-2-1-3-6-15;;;/h1-10,13,20,28H,11-12,14H2,(H2,27,29);3*1H. The number of anilines is 2. The van der Waals surface area contributed by atoms with Crippen molar-refractivity contribution in [3.63, 3.8) is 0 Å². The van der Waals surface area contributed by atoms with Crippen molar-refractivity contribution in [2.24, 2.45) is 0 Å². The first-order chi connectivity index (χ1) is 14.8. The number of aromatic nitrogens is 1. The van der Waals surface area contributed by atoms with E-state index in [2.05, 4.69) is 10.3 Å². The fraction of sp³-hybridized carbons (Fsp3) is 0.217. The summed E-state index contributed by atoms with van der Waals surface area (Å²) in [7, 11) is 0. The van der Waals surface area contributed by atoms with Crippen molar-refractivity contribution in [3.05, 3.63) is 89.1 Å². The third-order valence-electron chi connectivity index (χ3n) is 5.38. The molecule has 1 aliphatic rings. The fourth-order valence-corrected chi connectivity index (χ4v) is 3.81. The lowest BCUT2D eigenvalue weighted by Crippen LogP contribution is -2.46. The fourth-order valence-electron chi connectivity index (χ4n) is 3.81. The minimum atomic E-state index is -4.67. The zero-order chi connectivity index (χ0) is 22.0. The Labute approximate surface area is 182 Å². The summed E-state index contributed by atoms with van der Waals surface area (Å²) in [6.07, 6.45) is -3.28. The van der Waals surface area contributed by atoms with Crippen LogP contribution in [0.5, 0.6) is 0 Å². The van der Waals surface area contributed by atoms with Gasteiger partial charge in [0.15, 0.2) is 5.78 Å². The maximum atomic E-state index is 13.7. The molecule has 2 heterocycles. The van der Waals surface area contributed by atoms with Crippen LogP contribution in [-0.2, 0) is 6.18 Å². The number of nitrogens with two attached hydrogens (primary N) is 1. The van der Waals surface area contributed by atoms with Crippen LogP contribution in [0, 0.1) is 0 Å². The van der Waals surface area contributed by atoms with Crippen LogP contribution in [0.3, 0.4) is 0 Å². The Hall–Kier alpha value is -3.39. The summed E-state index contributed by atoms with van der Waals surface area (Å²) in [5.41, 5.74) is 5.94. The third-order valence-corrected chi connectivity index (χ3v) is 5.38. The number of piperazine rings is 1. The second-order valence-electron chi connectivity index (χ2n) is 7.36. The number of alkyl halides is 3. The lowest BCUT2D eigenvalue weighted by molar-refractivity contribution is -0.137. The number of nitrogen functional groups attached to an aromatic ring is 1. The van der Waals surface area contributed by atoms with Gasteiger partial charge < -0.3 is 16.0 Å². The molecule has 1 saturated heterocycles. The first-order valence-corrected chi connectivity index (χ1v) is 9.84. The van der Waals surface area contributed by atoms with Crippen molar-refractivity contribution >= 4 is 17.3 Å². The molecule has 166 valence electrons. The highest BCUT2D eigenvalue weighted by Gasteiger charge is 2.36. The molecule has 2 aromatic carbocycles. The van der Waals surface area contributed by atoms with E-state index in [1.807, 2.05) is 35.2 Å². The highest BCUT2D eigenvalue weighted by atomic mass is 19.4. The summed E-state index contributed by atoms with van der Waals surface area (Å²) in [6, 6.07) is 16.4. The summed E-state index contributed by atoms with van der Waals surface area (Å²) in [6.45, 7) is 1.84. The van der Waals surface area contributed by atoms with Gasteiger partial charge in [0.05, 0.1) is 11.1 Å². The highest BCUT2D eigenvalue weighted by Crippen LogP contribution is 2.36. The number of rotatable bonds is 4. The molecule has 3 aromatic rings. The average molecular weight is 432 g/mol. The molecule has 4 rings (SSSR count). The Balaban J connectivity index is 0.00000193. The van der Waals surface area contributed by atoms with Gasteiger partial charge in [-0.15, -0.1) is 0 Å².